The highest BCUT2D eigenvalue weighted by Crippen LogP contribution is 1.99. The molecule has 5 heteroatoms. The predicted molar refractivity (Wildman–Crippen MR) is 28.9 cm³/mol. The van der Waals surface area contributed by atoms with Crippen molar-refractivity contribution in [1.29, 1.82) is 0 Å². The third-order valence-electron chi connectivity index (χ3n) is 0.379. The Bertz CT molecular complexity index is 74.1. The highest BCUT2D eigenvalue weighted by Gasteiger charge is 2.14. The van der Waals surface area contributed by atoms with Crippen LogP contribution in [0.2, 0.25) is 0 Å². The van der Waals surface area contributed by atoms with Crippen LogP contribution in [-0.2, 0) is 8.89 Å². The molecule has 0 fully saturated rings. The Morgan fingerprint density at radius 3 is 2.14 bits per heavy atom. The van der Waals surface area contributed by atoms with Gasteiger partial charge < -0.3 is 8.89 Å². The van der Waals surface area contributed by atoms with Crippen molar-refractivity contribution in [3.05, 3.63) is 0 Å². The van der Waals surface area contributed by atoms with Crippen LogP contribution in [0, 0.1) is 0 Å². The Morgan fingerprint density at radius 2 is 2.14 bits per heavy atom. The van der Waals surface area contributed by atoms with Crippen LogP contribution in [0.3, 0.4) is 0 Å². The van der Waals surface area contributed by atoms with Crippen molar-refractivity contribution in [3.63, 3.8) is 0 Å². The maximum absolute atomic E-state index is 10.2. The largest absolute Gasteiger partial charge is 0.537 e. The molecular weight excluding hydrogens is 155 g/mol. The summed E-state index contributed by atoms with van der Waals surface area (Å²) >= 11 is 10.2. The van der Waals surface area contributed by atoms with Crippen molar-refractivity contribution >= 4 is 32.1 Å². The van der Waals surface area contributed by atoms with E-state index in [0.717, 1.165) is 0 Å². The van der Waals surface area contributed by atoms with E-state index in [-0.39, 0.29) is 0 Å². The number of alkyl halides is 2. The lowest BCUT2D eigenvalue weighted by molar-refractivity contribution is 0.367. The molecule has 42 valence electrons. The molecule has 0 radical (unpaired) electrons. The van der Waals surface area contributed by atoms with Crippen molar-refractivity contribution in [2.24, 2.45) is 0 Å². The van der Waals surface area contributed by atoms with E-state index in [2.05, 4.69) is 4.43 Å². The van der Waals surface area contributed by atoms with Gasteiger partial charge in [0.15, 0.2) is 4.46 Å². The summed E-state index contributed by atoms with van der Waals surface area (Å²) in [5, 5.41) is 0. The van der Waals surface area contributed by atoms with Crippen LogP contribution in [0.15, 0.2) is 0 Å². The molecule has 0 aromatic heterocycles. The minimum absolute atomic E-state index is 0.866. The van der Waals surface area contributed by atoms with Crippen LogP contribution < -0.4 is 0 Å². The van der Waals surface area contributed by atoms with Gasteiger partial charge in [-0.2, -0.15) is 0 Å². The van der Waals surface area contributed by atoms with Crippen molar-refractivity contribution in [3.8, 4) is 0 Å². The van der Waals surface area contributed by atoms with Crippen molar-refractivity contribution in [2.45, 2.75) is 4.46 Å². The standard InChI is InChI=1S/C2H4Cl2O2Si/c1-6-7(5)2(3)4/h2H,1H3. The van der Waals surface area contributed by atoms with E-state index in [4.69, 9.17) is 23.2 Å². The fraction of sp³-hybridized carbons (Fsp3) is 1.00. The Balaban J connectivity index is 3.35. The van der Waals surface area contributed by atoms with Gasteiger partial charge in [-0.1, -0.05) is 23.2 Å². The molecule has 0 amide bonds. The van der Waals surface area contributed by atoms with Gasteiger partial charge in [0.25, 0.3) is 0 Å². The molecule has 2 nitrogen and oxygen atoms in total. The Hall–Kier alpha value is 0.397. The normalized spacial score (nSPS) is 9.14. The Kier molecular flexibility index (Phi) is 3.60. The zero-order valence-corrected chi connectivity index (χ0v) is 6.16. The molecule has 0 N–H and O–H groups in total. The minimum atomic E-state index is -2.17. The molecule has 0 unspecified atom stereocenters. The number of halogens is 2. The van der Waals surface area contributed by atoms with Crippen LogP contribution in [-0.4, -0.2) is 20.5 Å². The molecule has 0 atom stereocenters. The lowest BCUT2D eigenvalue weighted by Crippen LogP contribution is -2.12. The third kappa shape index (κ3) is 3.02. The first kappa shape index (κ1) is 7.40. The summed E-state index contributed by atoms with van der Waals surface area (Å²) in [7, 11) is -0.861. The molecule has 0 aromatic carbocycles. The lowest BCUT2D eigenvalue weighted by atomic mass is 11.8. The van der Waals surface area contributed by atoms with E-state index in [0.29, 0.717) is 0 Å². The molecule has 0 rings (SSSR count). The second kappa shape index (κ2) is 3.41. The maximum atomic E-state index is 10.2. The van der Waals surface area contributed by atoms with Gasteiger partial charge in [0.2, 0.25) is 0 Å². The van der Waals surface area contributed by atoms with Crippen LogP contribution in [0.1, 0.15) is 0 Å². The molecule has 0 spiro atoms. The zero-order valence-electron chi connectivity index (χ0n) is 3.65. The number of hydrogen-bond acceptors (Lipinski definition) is 2. The average molecular weight is 159 g/mol. The van der Waals surface area contributed by atoms with E-state index < -0.39 is 13.4 Å². The molecule has 0 aliphatic rings. The highest BCUT2D eigenvalue weighted by molar-refractivity contribution is 6.68. The lowest BCUT2D eigenvalue weighted by Gasteiger charge is -1.91. The van der Waals surface area contributed by atoms with E-state index in [1.54, 1.807) is 0 Å². The topological polar surface area (TPSA) is 26.3 Å². The second-order valence-electron chi connectivity index (χ2n) is 0.824. The predicted octanol–water partition coefficient (Wildman–Crippen LogP) is 0.894. The van der Waals surface area contributed by atoms with E-state index in [9.17, 15) is 4.46 Å². The summed E-state index contributed by atoms with van der Waals surface area (Å²) in [6.07, 6.45) is 0. The van der Waals surface area contributed by atoms with E-state index in [1.807, 2.05) is 0 Å². The third-order valence-corrected chi connectivity index (χ3v) is 2.21. The van der Waals surface area contributed by atoms with E-state index in [1.165, 1.54) is 7.11 Å². The number of hydrogen-bond donors (Lipinski definition) is 0. The molecule has 0 aliphatic carbocycles. The summed E-state index contributed by atoms with van der Waals surface area (Å²) < 4.78 is 13.6. The Morgan fingerprint density at radius 1 is 1.71 bits per heavy atom. The van der Waals surface area contributed by atoms with Crippen LogP contribution >= 0.6 is 23.2 Å². The van der Waals surface area contributed by atoms with Crippen LogP contribution in [0.4, 0.5) is 0 Å². The molecule has 0 heterocycles. The van der Waals surface area contributed by atoms with Gasteiger partial charge in [-0.25, -0.2) is 0 Å². The zero-order chi connectivity index (χ0) is 5.86. The summed E-state index contributed by atoms with van der Waals surface area (Å²) in [4.78, 5) is 0. The van der Waals surface area contributed by atoms with Crippen LogP contribution in [0.25, 0.3) is 0 Å². The van der Waals surface area contributed by atoms with Gasteiger partial charge in [0.05, 0.1) is 7.11 Å². The van der Waals surface area contributed by atoms with Gasteiger partial charge in [0.1, 0.15) is 0 Å². The maximum Gasteiger partial charge on any atom is 0.537 e. The minimum Gasteiger partial charge on any atom is -0.526 e. The molecule has 0 saturated carbocycles. The van der Waals surface area contributed by atoms with Crippen molar-refractivity contribution < 1.29 is 8.89 Å². The van der Waals surface area contributed by atoms with Gasteiger partial charge in [-0.05, 0) is 0 Å². The molecule has 0 saturated heterocycles. The summed E-state index contributed by atoms with van der Waals surface area (Å²) in [6, 6.07) is 0. The summed E-state index contributed by atoms with van der Waals surface area (Å²) in [5.41, 5.74) is 0. The van der Waals surface area contributed by atoms with Gasteiger partial charge in [-0.15, -0.1) is 0 Å². The summed E-state index contributed by atoms with van der Waals surface area (Å²) in [5.74, 6) is 0. The second-order valence-corrected chi connectivity index (χ2v) is 4.28. The highest BCUT2D eigenvalue weighted by atomic mass is 35.5. The fourth-order valence-electron chi connectivity index (χ4n) is 0.0891. The molecular formula is C2H4Cl2O2Si. The van der Waals surface area contributed by atoms with Gasteiger partial charge >= 0.3 is 8.93 Å². The summed E-state index contributed by atoms with van der Waals surface area (Å²) in [6.45, 7) is 0. The number of rotatable bonds is 2. The van der Waals surface area contributed by atoms with Crippen molar-refractivity contribution in [2.75, 3.05) is 7.11 Å². The first-order valence-electron chi connectivity index (χ1n) is 1.54. The molecule has 0 aromatic rings. The van der Waals surface area contributed by atoms with E-state index >= 15 is 0 Å². The average Bonchev–Trinajstić information content (AvgIpc) is 1.65. The first-order chi connectivity index (χ1) is 3.18. The van der Waals surface area contributed by atoms with Gasteiger partial charge in [-0.3, -0.25) is 0 Å². The fourth-order valence-corrected chi connectivity index (χ4v) is 0.802. The smallest absolute Gasteiger partial charge is 0.526 e. The molecule has 0 bridgehead atoms. The first-order valence-corrected chi connectivity index (χ1v) is 3.81. The monoisotopic (exact) mass is 158 g/mol. The quantitative estimate of drug-likeness (QED) is 0.441. The van der Waals surface area contributed by atoms with Gasteiger partial charge in [0, 0.05) is 0 Å². The van der Waals surface area contributed by atoms with Crippen LogP contribution in [0.5, 0.6) is 0 Å². The van der Waals surface area contributed by atoms with Crippen molar-refractivity contribution in [1.82, 2.24) is 0 Å². The Labute approximate surface area is 53.2 Å². The SMILES string of the molecule is CO[Si](=O)C(Cl)Cl. The molecule has 7 heavy (non-hydrogen) atoms. The molecule has 0 aliphatic heterocycles.